The molecule has 3 heterocycles. The smallest absolute Gasteiger partial charge is 0.0911 e. The van der Waals surface area contributed by atoms with E-state index in [0.717, 1.165) is 29.3 Å². The highest BCUT2D eigenvalue weighted by Gasteiger charge is 2.17. The van der Waals surface area contributed by atoms with Crippen LogP contribution in [0.5, 0.6) is 0 Å². The molecule has 0 amide bonds. The first-order valence-electron chi connectivity index (χ1n) is 6.67. The molecule has 0 radical (unpaired) electrons. The second-order valence-electron chi connectivity index (χ2n) is 4.99. The van der Waals surface area contributed by atoms with E-state index in [0.29, 0.717) is 0 Å². The molecule has 0 spiro atoms. The van der Waals surface area contributed by atoms with Gasteiger partial charge >= 0.3 is 0 Å². The van der Waals surface area contributed by atoms with Gasteiger partial charge in [-0.25, -0.2) is 4.68 Å². The molecule has 0 unspecified atom stereocenters. The average molecular weight is 250 g/mol. The Bertz CT molecular complexity index is 739. The van der Waals surface area contributed by atoms with E-state index in [1.54, 1.807) is 0 Å². The van der Waals surface area contributed by atoms with Gasteiger partial charge in [0.1, 0.15) is 0 Å². The Hall–Kier alpha value is -2.23. The van der Waals surface area contributed by atoms with Crippen molar-refractivity contribution < 1.29 is 0 Å². The second-order valence-corrected chi connectivity index (χ2v) is 4.99. The Morgan fingerprint density at radius 3 is 2.84 bits per heavy atom. The molecular formula is C15H14N4. The standard InChI is InChI=1S/C15H14N4/c1-2-4-14-11(3-1)9-18-19(14)15-10-17-8-12-7-16-6-5-13(12)15/h5-10H,1-4H2. The van der Waals surface area contributed by atoms with Gasteiger partial charge < -0.3 is 0 Å². The maximum Gasteiger partial charge on any atom is 0.0911 e. The van der Waals surface area contributed by atoms with Gasteiger partial charge in [0.2, 0.25) is 0 Å². The third-order valence-corrected chi connectivity index (χ3v) is 3.83. The molecule has 3 aromatic rings. The Balaban J connectivity index is 1.98. The second kappa shape index (κ2) is 4.16. The number of rotatable bonds is 1. The number of aromatic nitrogens is 4. The zero-order valence-corrected chi connectivity index (χ0v) is 10.6. The summed E-state index contributed by atoms with van der Waals surface area (Å²) in [4.78, 5) is 8.47. The Labute approximate surface area is 111 Å². The van der Waals surface area contributed by atoms with Gasteiger partial charge in [-0.1, -0.05) is 0 Å². The highest BCUT2D eigenvalue weighted by molar-refractivity contribution is 5.88. The molecule has 0 atom stereocenters. The van der Waals surface area contributed by atoms with Crippen molar-refractivity contribution in [2.75, 3.05) is 0 Å². The van der Waals surface area contributed by atoms with Crippen molar-refractivity contribution in [3.05, 3.63) is 48.3 Å². The fourth-order valence-corrected chi connectivity index (χ4v) is 2.87. The quantitative estimate of drug-likeness (QED) is 0.667. The largest absolute Gasteiger partial charge is 0.264 e. The van der Waals surface area contributed by atoms with Gasteiger partial charge in [0.15, 0.2) is 0 Å². The number of nitrogens with zero attached hydrogens (tertiary/aromatic N) is 4. The van der Waals surface area contributed by atoms with Gasteiger partial charge in [0, 0.05) is 35.1 Å². The van der Waals surface area contributed by atoms with Gasteiger partial charge in [0.05, 0.1) is 18.1 Å². The van der Waals surface area contributed by atoms with Crippen LogP contribution in [0.2, 0.25) is 0 Å². The number of hydrogen-bond acceptors (Lipinski definition) is 3. The lowest BCUT2D eigenvalue weighted by atomic mass is 9.98. The van der Waals surface area contributed by atoms with Gasteiger partial charge in [-0.05, 0) is 37.3 Å². The van der Waals surface area contributed by atoms with Crippen molar-refractivity contribution in [1.29, 1.82) is 0 Å². The van der Waals surface area contributed by atoms with Crippen molar-refractivity contribution in [3.63, 3.8) is 0 Å². The fourth-order valence-electron chi connectivity index (χ4n) is 2.87. The molecule has 94 valence electrons. The van der Waals surface area contributed by atoms with Crippen LogP contribution >= 0.6 is 0 Å². The van der Waals surface area contributed by atoms with Crippen molar-refractivity contribution >= 4 is 10.8 Å². The summed E-state index contributed by atoms with van der Waals surface area (Å²) < 4.78 is 2.06. The van der Waals surface area contributed by atoms with Gasteiger partial charge in [0.25, 0.3) is 0 Å². The third kappa shape index (κ3) is 1.63. The molecule has 4 rings (SSSR count). The SMILES string of the molecule is c1cc2c(-n3ncc4c3CCCC4)cncc2cn1. The van der Waals surface area contributed by atoms with Gasteiger partial charge in [-0.15, -0.1) is 0 Å². The predicted molar refractivity (Wildman–Crippen MR) is 73.3 cm³/mol. The molecule has 1 aliphatic carbocycles. The van der Waals surface area contributed by atoms with Crippen LogP contribution in [0.3, 0.4) is 0 Å². The topological polar surface area (TPSA) is 43.6 Å². The maximum absolute atomic E-state index is 4.57. The van der Waals surface area contributed by atoms with Gasteiger partial charge in [-0.2, -0.15) is 5.10 Å². The number of hydrogen-bond donors (Lipinski definition) is 0. The molecule has 0 N–H and O–H groups in total. The summed E-state index contributed by atoms with van der Waals surface area (Å²) in [5, 5.41) is 6.78. The minimum absolute atomic E-state index is 1.06. The zero-order valence-electron chi connectivity index (χ0n) is 10.6. The van der Waals surface area contributed by atoms with Crippen LogP contribution in [-0.4, -0.2) is 19.7 Å². The van der Waals surface area contributed by atoms with Crippen LogP contribution in [0.25, 0.3) is 16.5 Å². The normalized spacial score (nSPS) is 14.5. The van der Waals surface area contributed by atoms with Crippen molar-refractivity contribution in [1.82, 2.24) is 19.7 Å². The monoisotopic (exact) mass is 250 g/mol. The molecule has 0 aromatic carbocycles. The molecule has 4 nitrogen and oxygen atoms in total. The van der Waals surface area contributed by atoms with Crippen LogP contribution in [0.15, 0.2) is 37.1 Å². The summed E-state index contributed by atoms with van der Waals surface area (Å²) in [6.45, 7) is 0. The fraction of sp³-hybridized carbons (Fsp3) is 0.267. The van der Waals surface area contributed by atoms with E-state index < -0.39 is 0 Å². The van der Waals surface area contributed by atoms with Crippen LogP contribution in [0, 0.1) is 0 Å². The van der Waals surface area contributed by atoms with Gasteiger partial charge in [-0.3, -0.25) is 9.97 Å². The van der Waals surface area contributed by atoms with Crippen molar-refractivity contribution in [2.24, 2.45) is 0 Å². The molecule has 0 fully saturated rings. The van der Waals surface area contributed by atoms with Crippen LogP contribution in [-0.2, 0) is 12.8 Å². The molecule has 0 bridgehead atoms. The summed E-state index contributed by atoms with van der Waals surface area (Å²) >= 11 is 0. The molecule has 3 aromatic heterocycles. The number of pyridine rings is 2. The highest BCUT2D eigenvalue weighted by Crippen LogP contribution is 2.26. The summed E-state index contributed by atoms with van der Waals surface area (Å²) in [7, 11) is 0. The van der Waals surface area contributed by atoms with E-state index in [-0.39, 0.29) is 0 Å². The molecule has 1 aliphatic rings. The summed E-state index contributed by atoms with van der Waals surface area (Å²) in [6, 6.07) is 2.03. The van der Waals surface area contributed by atoms with Crippen LogP contribution in [0.1, 0.15) is 24.1 Å². The summed E-state index contributed by atoms with van der Waals surface area (Å²) in [6.07, 6.45) is 14.2. The summed E-state index contributed by atoms with van der Waals surface area (Å²) in [5.41, 5.74) is 3.79. The van der Waals surface area contributed by atoms with Crippen molar-refractivity contribution in [3.8, 4) is 5.69 Å². The molecule has 0 saturated heterocycles. The minimum Gasteiger partial charge on any atom is -0.264 e. The van der Waals surface area contributed by atoms with E-state index in [1.807, 2.05) is 37.1 Å². The first-order chi connectivity index (χ1) is 9.43. The lowest BCUT2D eigenvalue weighted by Crippen LogP contribution is -2.08. The first-order valence-corrected chi connectivity index (χ1v) is 6.67. The Kier molecular flexibility index (Phi) is 2.33. The zero-order chi connectivity index (χ0) is 12.7. The predicted octanol–water partition coefficient (Wildman–Crippen LogP) is 2.69. The van der Waals surface area contributed by atoms with E-state index in [1.165, 1.54) is 24.1 Å². The van der Waals surface area contributed by atoms with E-state index in [9.17, 15) is 0 Å². The average Bonchev–Trinajstić information content (AvgIpc) is 2.90. The third-order valence-electron chi connectivity index (χ3n) is 3.83. The van der Waals surface area contributed by atoms with E-state index in [2.05, 4.69) is 19.7 Å². The minimum atomic E-state index is 1.06. The first kappa shape index (κ1) is 10.7. The van der Waals surface area contributed by atoms with Crippen LogP contribution < -0.4 is 0 Å². The molecule has 0 saturated carbocycles. The van der Waals surface area contributed by atoms with Crippen LogP contribution in [0.4, 0.5) is 0 Å². The Morgan fingerprint density at radius 2 is 1.84 bits per heavy atom. The van der Waals surface area contributed by atoms with Crippen molar-refractivity contribution in [2.45, 2.75) is 25.7 Å². The number of fused-ring (bicyclic) bond motifs is 2. The molecule has 4 heteroatoms. The maximum atomic E-state index is 4.57. The van der Waals surface area contributed by atoms with E-state index in [4.69, 9.17) is 0 Å². The number of aryl methyl sites for hydroxylation is 1. The molecule has 0 aliphatic heterocycles. The molecule has 19 heavy (non-hydrogen) atoms. The van der Waals surface area contributed by atoms with E-state index >= 15 is 0 Å². The molecular weight excluding hydrogens is 236 g/mol. The lowest BCUT2D eigenvalue weighted by Gasteiger charge is -2.14. The summed E-state index contributed by atoms with van der Waals surface area (Å²) in [5.74, 6) is 0. The highest BCUT2D eigenvalue weighted by atomic mass is 15.3. The lowest BCUT2D eigenvalue weighted by molar-refractivity contribution is 0.654. The Morgan fingerprint density at radius 1 is 0.947 bits per heavy atom.